The number of rotatable bonds is 9. The molecule has 0 amide bonds. The summed E-state index contributed by atoms with van der Waals surface area (Å²) in [5.41, 5.74) is 2.53. The van der Waals surface area contributed by atoms with E-state index < -0.39 is 0 Å². The summed E-state index contributed by atoms with van der Waals surface area (Å²) in [5, 5.41) is 9.23. The second-order valence-electron chi connectivity index (χ2n) is 6.19. The van der Waals surface area contributed by atoms with E-state index in [1.54, 1.807) is 0 Å². The third-order valence-electron chi connectivity index (χ3n) is 4.26. The Bertz CT molecular complexity index is 410. The van der Waals surface area contributed by atoms with Crippen LogP contribution in [0.5, 0.6) is 0 Å². The Morgan fingerprint density at radius 3 is 2.81 bits per heavy atom. The van der Waals surface area contributed by atoms with Crippen LogP contribution in [0, 0.1) is 6.92 Å². The standard InChI is InChI=1S/C17H31N3S/c1-4-10-18-15(13-21-17-8-6-7-9-17)12-16-11-14(3)19-20(16)5-2/h11,15,17-18H,4-10,12-13H2,1-3H3. The van der Waals surface area contributed by atoms with Crippen LogP contribution in [-0.4, -0.2) is 33.4 Å². The summed E-state index contributed by atoms with van der Waals surface area (Å²) in [6.07, 6.45) is 8.04. The average molecular weight is 310 g/mol. The second kappa shape index (κ2) is 8.84. The molecule has 1 saturated carbocycles. The van der Waals surface area contributed by atoms with E-state index >= 15 is 0 Å². The minimum Gasteiger partial charge on any atom is -0.313 e. The van der Waals surface area contributed by atoms with Crippen LogP contribution >= 0.6 is 11.8 Å². The molecule has 0 radical (unpaired) electrons. The van der Waals surface area contributed by atoms with E-state index in [1.165, 1.54) is 43.6 Å². The number of aryl methyl sites for hydroxylation is 2. The van der Waals surface area contributed by atoms with Crippen molar-refractivity contribution in [2.24, 2.45) is 0 Å². The van der Waals surface area contributed by atoms with Crippen LogP contribution in [0.1, 0.15) is 57.3 Å². The number of hydrogen-bond donors (Lipinski definition) is 1. The smallest absolute Gasteiger partial charge is 0.0596 e. The Morgan fingerprint density at radius 1 is 1.38 bits per heavy atom. The third-order valence-corrected chi connectivity index (χ3v) is 5.80. The van der Waals surface area contributed by atoms with Gasteiger partial charge in [-0.2, -0.15) is 16.9 Å². The summed E-state index contributed by atoms with van der Waals surface area (Å²) in [6, 6.07) is 2.83. The molecule has 4 heteroatoms. The Balaban J connectivity index is 1.90. The van der Waals surface area contributed by atoms with Crippen molar-refractivity contribution in [3.05, 3.63) is 17.5 Å². The van der Waals surface area contributed by atoms with Crippen LogP contribution in [-0.2, 0) is 13.0 Å². The summed E-state index contributed by atoms with van der Waals surface area (Å²) in [5.74, 6) is 1.23. The zero-order chi connectivity index (χ0) is 15.1. The number of nitrogens with one attached hydrogen (secondary N) is 1. The first-order chi connectivity index (χ1) is 10.2. The van der Waals surface area contributed by atoms with Crippen molar-refractivity contribution in [2.75, 3.05) is 12.3 Å². The highest BCUT2D eigenvalue weighted by atomic mass is 32.2. The summed E-state index contributed by atoms with van der Waals surface area (Å²) < 4.78 is 2.16. The highest BCUT2D eigenvalue weighted by Gasteiger charge is 2.19. The fourth-order valence-corrected chi connectivity index (χ4v) is 4.54. The summed E-state index contributed by atoms with van der Waals surface area (Å²) in [4.78, 5) is 0. The van der Waals surface area contributed by atoms with Gasteiger partial charge in [-0.3, -0.25) is 4.68 Å². The van der Waals surface area contributed by atoms with Gasteiger partial charge in [-0.05, 0) is 45.7 Å². The number of nitrogens with zero attached hydrogens (tertiary/aromatic N) is 2. The summed E-state index contributed by atoms with van der Waals surface area (Å²) in [7, 11) is 0. The Hall–Kier alpha value is -0.480. The molecule has 0 bridgehead atoms. The maximum absolute atomic E-state index is 4.58. The van der Waals surface area contributed by atoms with Crippen LogP contribution in [0.3, 0.4) is 0 Å². The second-order valence-corrected chi connectivity index (χ2v) is 7.52. The molecule has 1 aliphatic carbocycles. The van der Waals surface area contributed by atoms with Gasteiger partial charge in [0.1, 0.15) is 0 Å². The third kappa shape index (κ3) is 5.33. The number of thioether (sulfide) groups is 1. The van der Waals surface area contributed by atoms with Crippen LogP contribution in [0.25, 0.3) is 0 Å². The van der Waals surface area contributed by atoms with Crippen molar-refractivity contribution in [3.8, 4) is 0 Å². The van der Waals surface area contributed by atoms with Crippen molar-refractivity contribution in [1.82, 2.24) is 15.1 Å². The lowest BCUT2D eigenvalue weighted by molar-refractivity contribution is 0.519. The topological polar surface area (TPSA) is 29.9 Å². The van der Waals surface area contributed by atoms with Gasteiger partial charge in [-0.1, -0.05) is 19.8 Å². The van der Waals surface area contributed by atoms with Crippen molar-refractivity contribution in [1.29, 1.82) is 0 Å². The number of aromatic nitrogens is 2. The van der Waals surface area contributed by atoms with E-state index in [0.717, 1.165) is 30.5 Å². The molecule has 2 rings (SSSR count). The van der Waals surface area contributed by atoms with Gasteiger partial charge in [-0.25, -0.2) is 0 Å². The van der Waals surface area contributed by atoms with Crippen molar-refractivity contribution < 1.29 is 0 Å². The quantitative estimate of drug-likeness (QED) is 0.752. The maximum Gasteiger partial charge on any atom is 0.0596 e. The van der Waals surface area contributed by atoms with Gasteiger partial charge < -0.3 is 5.32 Å². The predicted octanol–water partition coefficient (Wildman–Crippen LogP) is 3.80. The Morgan fingerprint density at radius 2 is 2.14 bits per heavy atom. The minimum atomic E-state index is 0.581. The molecular formula is C17H31N3S. The monoisotopic (exact) mass is 309 g/mol. The zero-order valence-corrected chi connectivity index (χ0v) is 14.7. The van der Waals surface area contributed by atoms with E-state index in [9.17, 15) is 0 Å². The van der Waals surface area contributed by atoms with Crippen LogP contribution in [0.2, 0.25) is 0 Å². The highest BCUT2D eigenvalue weighted by molar-refractivity contribution is 7.99. The van der Waals surface area contributed by atoms with Gasteiger partial charge in [0.15, 0.2) is 0 Å². The lowest BCUT2D eigenvalue weighted by Gasteiger charge is -2.20. The minimum absolute atomic E-state index is 0.581. The molecule has 1 heterocycles. The molecule has 0 aliphatic heterocycles. The van der Waals surface area contributed by atoms with E-state index in [2.05, 4.69) is 53.7 Å². The molecule has 1 aliphatic rings. The molecule has 1 atom stereocenters. The number of hydrogen-bond acceptors (Lipinski definition) is 3. The fourth-order valence-electron chi connectivity index (χ4n) is 3.14. The first-order valence-corrected chi connectivity index (χ1v) is 9.66. The first kappa shape index (κ1) is 16.9. The molecule has 0 spiro atoms. The fraction of sp³-hybridized carbons (Fsp3) is 0.824. The van der Waals surface area contributed by atoms with Crippen molar-refractivity contribution in [3.63, 3.8) is 0 Å². The van der Waals surface area contributed by atoms with Gasteiger partial charge in [0.2, 0.25) is 0 Å². The molecule has 0 aromatic carbocycles. The molecule has 1 N–H and O–H groups in total. The molecule has 120 valence electrons. The van der Waals surface area contributed by atoms with Crippen molar-refractivity contribution in [2.45, 2.75) is 77.1 Å². The summed E-state index contributed by atoms with van der Waals surface area (Å²) >= 11 is 2.19. The van der Waals surface area contributed by atoms with Gasteiger partial charge in [-0.15, -0.1) is 0 Å². The van der Waals surface area contributed by atoms with Gasteiger partial charge in [0.05, 0.1) is 5.69 Å². The maximum atomic E-state index is 4.58. The first-order valence-electron chi connectivity index (χ1n) is 8.61. The van der Waals surface area contributed by atoms with Gasteiger partial charge in [0, 0.05) is 35.7 Å². The van der Waals surface area contributed by atoms with E-state index in [1.807, 2.05) is 0 Å². The molecule has 1 fully saturated rings. The van der Waals surface area contributed by atoms with Crippen molar-refractivity contribution >= 4 is 11.8 Å². The molecule has 21 heavy (non-hydrogen) atoms. The zero-order valence-electron chi connectivity index (χ0n) is 13.9. The molecule has 1 unspecified atom stereocenters. The van der Waals surface area contributed by atoms with Gasteiger partial charge in [0.25, 0.3) is 0 Å². The van der Waals surface area contributed by atoms with Crippen LogP contribution < -0.4 is 5.32 Å². The lowest BCUT2D eigenvalue weighted by Crippen LogP contribution is -2.35. The van der Waals surface area contributed by atoms with E-state index in [-0.39, 0.29) is 0 Å². The van der Waals surface area contributed by atoms with Crippen LogP contribution in [0.4, 0.5) is 0 Å². The molecular weight excluding hydrogens is 278 g/mol. The Kier molecular flexibility index (Phi) is 7.11. The largest absolute Gasteiger partial charge is 0.313 e. The van der Waals surface area contributed by atoms with Gasteiger partial charge >= 0.3 is 0 Å². The summed E-state index contributed by atoms with van der Waals surface area (Å²) in [6.45, 7) is 8.61. The average Bonchev–Trinajstić information content (AvgIpc) is 3.11. The SMILES string of the molecule is CCCNC(CSC1CCCC1)Cc1cc(C)nn1CC. The predicted molar refractivity (Wildman–Crippen MR) is 93.1 cm³/mol. The normalized spacial score (nSPS) is 17.5. The lowest BCUT2D eigenvalue weighted by atomic mass is 10.1. The molecule has 0 saturated heterocycles. The molecule has 1 aromatic rings. The molecule has 3 nitrogen and oxygen atoms in total. The van der Waals surface area contributed by atoms with E-state index in [4.69, 9.17) is 0 Å². The van der Waals surface area contributed by atoms with E-state index in [0.29, 0.717) is 6.04 Å². The van der Waals surface area contributed by atoms with Crippen LogP contribution in [0.15, 0.2) is 6.07 Å². The highest BCUT2D eigenvalue weighted by Crippen LogP contribution is 2.30. The Labute approximate surface area is 134 Å². The molecule has 1 aromatic heterocycles.